The summed E-state index contributed by atoms with van der Waals surface area (Å²) in [5.41, 5.74) is 14.4. The van der Waals surface area contributed by atoms with Gasteiger partial charge in [0.05, 0.1) is 5.41 Å². The van der Waals surface area contributed by atoms with Crippen molar-refractivity contribution in [3.63, 3.8) is 0 Å². The number of anilines is 3. The molecule has 240 valence electrons. The molecule has 0 N–H and O–H groups in total. The van der Waals surface area contributed by atoms with Gasteiger partial charge in [-0.25, -0.2) is 0 Å². The molecule has 10 rings (SSSR count). The van der Waals surface area contributed by atoms with Crippen LogP contribution in [0.2, 0.25) is 0 Å². The lowest BCUT2D eigenvalue weighted by Crippen LogP contribution is -2.29. The van der Waals surface area contributed by atoms with Crippen LogP contribution in [0.25, 0.3) is 44.2 Å². The maximum atomic E-state index is 6.39. The van der Waals surface area contributed by atoms with Crippen LogP contribution in [0.4, 0.5) is 17.1 Å². The van der Waals surface area contributed by atoms with Crippen LogP contribution in [-0.2, 0) is 5.41 Å². The summed E-state index contributed by atoms with van der Waals surface area (Å²) in [4.78, 5) is 2.38. The highest BCUT2D eigenvalue weighted by Crippen LogP contribution is 2.57. The van der Waals surface area contributed by atoms with E-state index in [9.17, 15) is 0 Å². The molecule has 1 aromatic heterocycles. The Balaban J connectivity index is 1.17. The Kier molecular flexibility index (Phi) is 6.75. The number of furan rings is 1. The molecular formula is C49H33NO. The molecule has 0 amide bonds. The third-order valence-electron chi connectivity index (χ3n) is 10.5. The molecule has 0 saturated heterocycles. The molecule has 51 heavy (non-hydrogen) atoms. The predicted molar refractivity (Wildman–Crippen MR) is 211 cm³/mol. The van der Waals surface area contributed by atoms with Gasteiger partial charge in [-0.2, -0.15) is 0 Å². The fourth-order valence-corrected chi connectivity index (χ4v) is 8.31. The number of hydrogen-bond donors (Lipinski definition) is 0. The molecule has 0 spiro atoms. The smallest absolute Gasteiger partial charge is 0.135 e. The van der Waals surface area contributed by atoms with Crippen molar-refractivity contribution in [3.8, 4) is 22.3 Å². The lowest BCUT2D eigenvalue weighted by atomic mass is 9.67. The van der Waals surface area contributed by atoms with Gasteiger partial charge in [-0.3, -0.25) is 0 Å². The normalized spacial score (nSPS) is 12.9. The average molecular weight is 652 g/mol. The van der Waals surface area contributed by atoms with Crippen molar-refractivity contribution >= 4 is 39.0 Å². The maximum Gasteiger partial charge on any atom is 0.135 e. The summed E-state index contributed by atoms with van der Waals surface area (Å²) in [6, 6.07) is 72.1. The molecule has 0 saturated carbocycles. The largest absolute Gasteiger partial charge is 0.456 e. The van der Waals surface area contributed by atoms with Gasteiger partial charge in [0.25, 0.3) is 0 Å². The van der Waals surface area contributed by atoms with Gasteiger partial charge in [-0.15, -0.1) is 0 Å². The maximum absolute atomic E-state index is 6.39. The summed E-state index contributed by atoms with van der Waals surface area (Å²) in [5, 5.41) is 2.42. The van der Waals surface area contributed by atoms with Crippen molar-refractivity contribution in [2.45, 2.75) is 5.41 Å². The Morgan fingerprint density at radius 2 is 0.765 bits per heavy atom. The van der Waals surface area contributed by atoms with Gasteiger partial charge in [0, 0.05) is 27.8 Å². The molecule has 1 aliphatic rings. The average Bonchev–Trinajstić information content (AvgIpc) is 3.75. The zero-order valence-corrected chi connectivity index (χ0v) is 27.9. The van der Waals surface area contributed by atoms with Gasteiger partial charge in [0.2, 0.25) is 0 Å². The molecule has 9 aromatic rings. The molecule has 0 unspecified atom stereocenters. The van der Waals surface area contributed by atoms with Gasteiger partial charge in [0.15, 0.2) is 0 Å². The van der Waals surface area contributed by atoms with Crippen molar-refractivity contribution < 1.29 is 4.42 Å². The Hall–Kier alpha value is -6.64. The van der Waals surface area contributed by atoms with E-state index in [0.717, 1.165) is 28.2 Å². The minimum Gasteiger partial charge on any atom is -0.456 e. The second-order valence-electron chi connectivity index (χ2n) is 13.3. The molecule has 1 heterocycles. The highest BCUT2D eigenvalue weighted by molar-refractivity contribution is 6.14. The van der Waals surface area contributed by atoms with E-state index >= 15 is 0 Å². The molecule has 0 aliphatic heterocycles. The van der Waals surface area contributed by atoms with E-state index in [2.05, 4.69) is 205 Å². The summed E-state index contributed by atoms with van der Waals surface area (Å²) in [6.07, 6.45) is 0. The van der Waals surface area contributed by atoms with E-state index < -0.39 is 5.41 Å². The first-order valence-electron chi connectivity index (χ1n) is 17.5. The lowest BCUT2D eigenvalue weighted by Gasteiger charge is -2.35. The van der Waals surface area contributed by atoms with Gasteiger partial charge < -0.3 is 9.32 Å². The Morgan fingerprint density at radius 3 is 1.27 bits per heavy atom. The second-order valence-corrected chi connectivity index (χ2v) is 13.3. The van der Waals surface area contributed by atoms with Crippen LogP contribution in [0, 0.1) is 0 Å². The van der Waals surface area contributed by atoms with Crippen molar-refractivity contribution in [1.29, 1.82) is 0 Å². The molecule has 2 heteroatoms. The minimum atomic E-state index is -0.516. The van der Waals surface area contributed by atoms with Crippen LogP contribution in [0.1, 0.15) is 22.3 Å². The summed E-state index contributed by atoms with van der Waals surface area (Å²) in [6.45, 7) is 0. The van der Waals surface area contributed by atoms with E-state index in [4.69, 9.17) is 4.42 Å². The van der Waals surface area contributed by atoms with Crippen molar-refractivity contribution in [3.05, 3.63) is 222 Å². The number of benzene rings is 8. The quantitative estimate of drug-likeness (QED) is 0.170. The first-order valence-corrected chi connectivity index (χ1v) is 17.5. The first-order chi connectivity index (χ1) is 25.3. The molecule has 0 radical (unpaired) electrons. The highest BCUT2D eigenvalue weighted by Gasteiger charge is 2.46. The van der Waals surface area contributed by atoms with E-state index in [-0.39, 0.29) is 0 Å². The van der Waals surface area contributed by atoms with E-state index in [1.165, 1.54) is 55.3 Å². The van der Waals surface area contributed by atoms with Crippen molar-refractivity contribution in [1.82, 2.24) is 0 Å². The zero-order chi connectivity index (χ0) is 33.8. The molecule has 1 aliphatic carbocycles. The standard InChI is InChI=1S/C49H33NO/c1-4-13-34(14-5-1)36-25-29-40(30-26-36)50(41-31-27-37(28-32-41)35-15-6-2-7-16-35)42-20-10-19-39(33-42)49(38-17-8-3-9-18-38)43-21-11-23-45-47(43)48-44(49)22-12-24-46(48)51-45/h1-33H. The fraction of sp³-hybridized carbons (Fsp3) is 0.0204. The molecule has 2 nitrogen and oxygen atoms in total. The molecular weight excluding hydrogens is 619 g/mol. The summed E-state index contributed by atoms with van der Waals surface area (Å²) in [5.74, 6) is 0. The van der Waals surface area contributed by atoms with E-state index in [1.54, 1.807) is 0 Å². The third kappa shape index (κ3) is 4.57. The van der Waals surface area contributed by atoms with Crippen LogP contribution in [0.15, 0.2) is 205 Å². The summed E-state index contributed by atoms with van der Waals surface area (Å²) >= 11 is 0. The van der Waals surface area contributed by atoms with Crippen LogP contribution in [0.5, 0.6) is 0 Å². The summed E-state index contributed by atoms with van der Waals surface area (Å²) < 4.78 is 6.39. The minimum absolute atomic E-state index is 0.516. The SMILES string of the molecule is c1ccc(-c2ccc(N(c3ccc(-c4ccccc4)cc3)c3cccc(C4(c5ccccc5)c5cccc6oc7cccc4c7c56)c3)cc2)cc1. The van der Waals surface area contributed by atoms with E-state index in [0.29, 0.717) is 0 Å². The molecule has 8 aromatic carbocycles. The predicted octanol–water partition coefficient (Wildman–Crippen LogP) is 13.1. The highest BCUT2D eigenvalue weighted by atomic mass is 16.3. The van der Waals surface area contributed by atoms with Crippen molar-refractivity contribution in [2.75, 3.05) is 4.90 Å². The van der Waals surface area contributed by atoms with E-state index in [1.807, 2.05) is 0 Å². The first kappa shape index (κ1) is 29.3. The molecule has 0 bridgehead atoms. The topological polar surface area (TPSA) is 16.4 Å². The fourth-order valence-electron chi connectivity index (χ4n) is 8.31. The zero-order valence-electron chi connectivity index (χ0n) is 27.9. The van der Waals surface area contributed by atoms with Crippen LogP contribution in [-0.4, -0.2) is 0 Å². The third-order valence-corrected chi connectivity index (χ3v) is 10.5. The van der Waals surface area contributed by atoms with Gasteiger partial charge in [0.1, 0.15) is 11.2 Å². The lowest BCUT2D eigenvalue weighted by molar-refractivity contribution is 0.663. The molecule has 0 atom stereocenters. The summed E-state index contributed by atoms with van der Waals surface area (Å²) in [7, 11) is 0. The van der Waals surface area contributed by atoms with Crippen molar-refractivity contribution in [2.24, 2.45) is 0 Å². The van der Waals surface area contributed by atoms with Crippen LogP contribution in [0.3, 0.4) is 0 Å². The second kappa shape index (κ2) is 11.8. The number of hydrogen-bond acceptors (Lipinski definition) is 2. The van der Waals surface area contributed by atoms with Gasteiger partial charge in [-0.1, -0.05) is 152 Å². The number of rotatable bonds is 7. The Labute approximate surface area is 297 Å². The molecule has 0 fully saturated rings. The number of nitrogens with zero attached hydrogens (tertiary/aromatic N) is 1. The Bertz CT molecular complexity index is 2520. The van der Waals surface area contributed by atoms with Gasteiger partial charge >= 0.3 is 0 Å². The van der Waals surface area contributed by atoms with Crippen LogP contribution >= 0.6 is 0 Å². The monoisotopic (exact) mass is 651 g/mol. The van der Waals surface area contributed by atoms with Gasteiger partial charge in [-0.05, 0) is 93.0 Å². The van der Waals surface area contributed by atoms with Crippen LogP contribution < -0.4 is 4.90 Å². The Morgan fingerprint density at radius 1 is 0.333 bits per heavy atom.